The van der Waals surface area contributed by atoms with Crippen LogP contribution in [-0.4, -0.2) is 23.5 Å². The molecule has 2 aromatic carbocycles. The summed E-state index contributed by atoms with van der Waals surface area (Å²) in [5.74, 6) is -0.148. The maximum absolute atomic E-state index is 14.0. The van der Waals surface area contributed by atoms with Gasteiger partial charge in [0, 0.05) is 20.8 Å². The Kier molecular flexibility index (Phi) is 7.75. The molecule has 38 heavy (non-hydrogen) atoms. The molecule has 0 bridgehead atoms. The molecule has 1 atom stereocenters. The van der Waals surface area contributed by atoms with Crippen LogP contribution in [0.2, 0.25) is 10.0 Å². The van der Waals surface area contributed by atoms with E-state index in [-0.39, 0.29) is 11.9 Å². The van der Waals surface area contributed by atoms with Crippen LogP contribution in [0, 0.1) is 12.8 Å². The summed E-state index contributed by atoms with van der Waals surface area (Å²) in [4.78, 5) is 33.1. The van der Waals surface area contributed by atoms with Crippen molar-refractivity contribution in [3.63, 3.8) is 0 Å². The van der Waals surface area contributed by atoms with Crippen LogP contribution < -0.4 is 5.32 Å². The van der Waals surface area contributed by atoms with E-state index in [1.54, 1.807) is 12.1 Å². The van der Waals surface area contributed by atoms with Gasteiger partial charge in [-0.05, 0) is 73.9 Å². The van der Waals surface area contributed by atoms with Crippen LogP contribution >= 0.6 is 34.5 Å². The molecule has 0 saturated heterocycles. The van der Waals surface area contributed by atoms with Crippen molar-refractivity contribution in [1.29, 1.82) is 0 Å². The highest BCUT2D eigenvalue weighted by Gasteiger charge is 2.30. The molecule has 2 heterocycles. The Morgan fingerprint density at radius 1 is 1.16 bits per heavy atom. The fourth-order valence-corrected chi connectivity index (χ4v) is 6.92. The molecule has 0 unspecified atom stereocenters. The Labute approximate surface area is 236 Å². The number of fused-ring (bicyclic) bond motifs is 2. The Morgan fingerprint density at radius 3 is 2.71 bits per heavy atom. The number of aromatic nitrogens is 1. The summed E-state index contributed by atoms with van der Waals surface area (Å²) in [5, 5.41) is 5.33. The molecule has 0 aliphatic heterocycles. The molecule has 0 saturated carbocycles. The molecule has 2 aromatic heterocycles. The third-order valence-corrected chi connectivity index (χ3v) is 8.65. The summed E-state index contributed by atoms with van der Waals surface area (Å²) >= 11 is 14.2. The molecule has 5 nitrogen and oxygen atoms in total. The molecule has 4 aromatic rings. The number of pyridine rings is 1. The van der Waals surface area contributed by atoms with E-state index >= 15 is 0 Å². The highest BCUT2D eigenvalue weighted by atomic mass is 35.5. The minimum absolute atomic E-state index is 0.302. The number of carbonyl (C=O) groups is 2. The second-order valence-electron chi connectivity index (χ2n) is 9.75. The number of ether oxygens (including phenoxy) is 1. The molecule has 0 fully saturated rings. The van der Waals surface area contributed by atoms with Gasteiger partial charge in [-0.15, -0.1) is 11.3 Å². The topological polar surface area (TPSA) is 68.3 Å². The highest BCUT2D eigenvalue weighted by Crippen LogP contribution is 2.41. The molecule has 1 aliphatic rings. The Hall–Kier alpha value is -2.93. The van der Waals surface area contributed by atoms with E-state index in [4.69, 9.17) is 32.9 Å². The van der Waals surface area contributed by atoms with Crippen LogP contribution in [0.4, 0.5) is 5.00 Å². The third kappa shape index (κ3) is 5.05. The van der Waals surface area contributed by atoms with Gasteiger partial charge in [0.2, 0.25) is 0 Å². The third-order valence-electron chi connectivity index (χ3n) is 6.93. The number of thiophene rings is 1. The van der Waals surface area contributed by atoms with Crippen molar-refractivity contribution in [2.75, 3.05) is 11.9 Å². The number of hydrogen-bond acceptors (Lipinski definition) is 5. The number of nitrogens with one attached hydrogen (secondary N) is 1. The maximum atomic E-state index is 14.0. The molecular weight excluding hydrogens is 539 g/mol. The Morgan fingerprint density at radius 2 is 1.95 bits per heavy atom. The van der Waals surface area contributed by atoms with Crippen molar-refractivity contribution in [2.24, 2.45) is 5.92 Å². The number of amides is 1. The normalized spacial score (nSPS) is 14.8. The second-order valence-corrected chi connectivity index (χ2v) is 11.7. The lowest BCUT2D eigenvalue weighted by atomic mass is 9.88. The molecule has 196 valence electrons. The van der Waals surface area contributed by atoms with E-state index in [2.05, 4.69) is 12.2 Å². The number of hydrogen-bond donors (Lipinski definition) is 1. The summed E-state index contributed by atoms with van der Waals surface area (Å²) < 4.78 is 5.53. The Balaban J connectivity index is 1.62. The fraction of sp³-hybridized carbons (Fsp3) is 0.300. The predicted molar refractivity (Wildman–Crippen MR) is 156 cm³/mol. The fourth-order valence-electron chi connectivity index (χ4n) is 5.03. The van der Waals surface area contributed by atoms with Crippen LogP contribution in [-0.2, 0) is 17.6 Å². The lowest BCUT2D eigenvalue weighted by Crippen LogP contribution is -2.18. The van der Waals surface area contributed by atoms with Crippen molar-refractivity contribution in [2.45, 2.75) is 46.5 Å². The average molecular weight is 568 g/mol. The Bertz CT molecular complexity index is 1560. The van der Waals surface area contributed by atoms with Gasteiger partial charge in [0.15, 0.2) is 0 Å². The first kappa shape index (κ1) is 26.7. The van der Waals surface area contributed by atoms with Crippen molar-refractivity contribution in [1.82, 2.24) is 4.98 Å². The first-order valence-corrected chi connectivity index (χ1v) is 14.3. The molecule has 8 heteroatoms. The monoisotopic (exact) mass is 566 g/mol. The van der Waals surface area contributed by atoms with Gasteiger partial charge in [-0.25, -0.2) is 9.78 Å². The summed E-state index contributed by atoms with van der Waals surface area (Å²) in [6, 6.07) is 12.8. The summed E-state index contributed by atoms with van der Waals surface area (Å²) in [6.45, 7) is 6.38. The zero-order valence-corrected chi connectivity index (χ0v) is 23.8. The van der Waals surface area contributed by atoms with E-state index in [1.807, 2.05) is 44.2 Å². The van der Waals surface area contributed by atoms with Crippen LogP contribution in [0.5, 0.6) is 0 Å². The summed E-state index contributed by atoms with van der Waals surface area (Å²) in [7, 11) is 0. The zero-order valence-electron chi connectivity index (χ0n) is 21.5. The highest BCUT2D eigenvalue weighted by molar-refractivity contribution is 7.17. The maximum Gasteiger partial charge on any atom is 0.341 e. The molecular formula is C30H28Cl2N2O3S. The standard InChI is InChI=1S/C30H28Cl2N2O3S/c1-4-13-37-30(36)26-21-11-9-16(2)14-24(21)38-29(26)34-28(35)25-17(3)27(19-12-10-18(31)15-22(19)32)33-23-8-6-5-7-20(23)25/h5-8,10,12,15-16H,4,9,11,13-14H2,1-3H3,(H,34,35)/t16-/m0/s1. The quantitative estimate of drug-likeness (QED) is 0.237. The van der Waals surface area contributed by atoms with Gasteiger partial charge in [0.05, 0.1) is 34.0 Å². The number of esters is 1. The second kappa shape index (κ2) is 11.0. The number of carbonyl (C=O) groups excluding carboxylic acids is 2. The molecule has 1 aliphatic carbocycles. The number of rotatable bonds is 6. The molecule has 0 radical (unpaired) electrons. The van der Waals surface area contributed by atoms with Crippen molar-refractivity contribution >= 4 is 62.3 Å². The van der Waals surface area contributed by atoms with Crippen LogP contribution in [0.25, 0.3) is 22.2 Å². The van der Waals surface area contributed by atoms with Crippen LogP contribution in [0.3, 0.4) is 0 Å². The lowest BCUT2D eigenvalue weighted by Gasteiger charge is -2.18. The molecule has 0 spiro atoms. The van der Waals surface area contributed by atoms with Crippen molar-refractivity contribution in [3.05, 3.63) is 79.6 Å². The van der Waals surface area contributed by atoms with Gasteiger partial charge in [0.1, 0.15) is 5.00 Å². The zero-order chi connectivity index (χ0) is 27.0. The first-order chi connectivity index (χ1) is 18.3. The number of halogens is 2. The number of anilines is 1. The molecule has 5 rings (SSSR count). The van der Waals surface area contributed by atoms with Gasteiger partial charge >= 0.3 is 5.97 Å². The lowest BCUT2D eigenvalue weighted by molar-refractivity contribution is 0.0505. The number of nitrogens with zero attached hydrogens (tertiary/aromatic N) is 1. The van der Waals surface area contributed by atoms with Gasteiger partial charge in [-0.3, -0.25) is 4.79 Å². The molecule has 1 amide bonds. The van der Waals surface area contributed by atoms with E-state index in [0.29, 0.717) is 61.0 Å². The van der Waals surface area contributed by atoms with Gasteiger partial charge in [-0.2, -0.15) is 0 Å². The smallest absolute Gasteiger partial charge is 0.341 e. The van der Waals surface area contributed by atoms with Gasteiger partial charge in [-0.1, -0.05) is 55.2 Å². The van der Waals surface area contributed by atoms with Crippen molar-refractivity contribution in [3.8, 4) is 11.3 Å². The molecule has 1 N–H and O–H groups in total. The minimum atomic E-state index is -0.376. The first-order valence-electron chi connectivity index (χ1n) is 12.8. The van der Waals surface area contributed by atoms with E-state index < -0.39 is 0 Å². The number of benzene rings is 2. The van der Waals surface area contributed by atoms with Crippen LogP contribution in [0.15, 0.2) is 42.5 Å². The van der Waals surface area contributed by atoms with Gasteiger partial charge in [0.25, 0.3) is 5.91 Å². The number of para-hydroxylation sites is 1. The SMILES string of the molecule is CCCOC(=O)c1c(NC(=O)c2c(C)c(-c3ccc(Cl)cc3Cl)nc3ccccc23)sc2c1CC[C@H](C)C2. The van der Waals surface area contributed by atoms with E-state index in [0.717, 1.165) is 41.5 Å². The summed E-state index contributed by atoms with van der Waals surface area (Å²) in [5.41, 5.74) is 4.66. The van der Waals surface area contributed by atoms with Gasteiger partial charge < -0.3 is 10.1 Å². The van der Waals surface area contributed by atoms with E-state index in [1.165, 1.54) is 11.3 Å². The summed E-state index contributed by atoms with van der Waals surface area (Å²) in [6.07, 6.45) is 3.43. The average Bonchev–Trinajstić information content (AvgIpc) is 3.23. The van der Waals surface area contributed by atoms with Crippen LogP contribution in [0.1, 0.15) is 63.4 Å². The van der Waals surface area contributed by atoms with Crippen molar-refractivity contribution < 1.29 is 14.3 Å². The van der Waals surface area contributed by atoms with E-state index in [9.17, 15) is 9.59 Å². The predicted octanol–water partition coefficient (Wildman–Crippen LogP) is 8.52. The minimum Gasteiger partial charge on any atom is -0.462 e. The largest absolute Gasteiger partial charge is 0.462 e.